The second-order valence-corrected chi connectivity index (χ2v) is 5.97. The molecule has 1 aliphatic heterocycles. The maximum atomic E-state index is 12.1. The Morgan fingerprint density at radius 3 is 2.61 bits per heavy atom. The minimum atomic E-state index is -4.00. The van der Waals surface area contributed by atoms with Crippen LogP contribution in [0.5, 0.6) is 0 Å². The zero-order valence-corrected chi connectivity index (χ0v) is 11.0. The van der Waals surface area contributed by atoms with Crippen LogP contribution < -0.4 is 0 Å². The Kier molecular flexibility index (Phi) is 2.98. The van der Waals surface area contributed by atoms with Crippen molar-refractivity contribution in [3.8, 4) is 0 Å². The van der Waals surface area contributed by atoms with Gasteiger partial charge in [-0.25, -0.2) is 8.42 Å². The van der Waals surface area contributed by atoms with Crippen LogP contribution in [-0.4, -0.2) is 24.5 Å². The molecule has 2 amide bonds. The molecule has 1 aromatic rings. The number of carbonyl (C=O) groups excluding carboxylic acids is 2. The van der Waals surface area contributed by atoms with Crippen molar-refractivity contribution >= 4 is 21.8 Å². The van der Waals surface area contributed by atoms with Gasteiger partial charge in [0.25, 0.3) is 15.9 Å². The Morgan fingerprint density at radius 2 is 2.00 bits per heavy atom. The molecule has 1 heterocycles. The highest BCUT2D eigenvalue weighted by molar-refractivity contribution is 7.90. The third kappa shape index (κ3) is 1.73. The summed E-state index contributed by atoms with van der Waals surface area (Å²) in [6.45, 7) is 3.51. The minimum Gasteiger partial charge on any atom is -0.273 e. The predicted octanol–water partition coefficient (Wildman–Crippen LogP) is 1.47. The number of sulfonamides is 1. The number of nitrogens with zero attached hydrogens (tertiary/aromatic N) is 1. The Balaban J connectivity index is 2.58. The van der Waals surface area contributed by atoms with Crippen molar-refractivity contribution in [3.63, 3.8) is 0 Å². The quantitative estimate of drug-likeness (QED) is 0.813. The van der Waals surface area contributed by atoms with E-state index in [0.29, 0.717) is 10.7 Å². The summed E-state index contributed by atoms with van der Waals surface area (Å²) in [6, 6.07) is 4.48. The van der Waals surface area contributed by atoms with Crippen LogP contribution in [-0.2, 0) is 14.8 Å². The molecule has 18 heavy (non-hydrogen) atoms. The molecular weight excluding hydrogens is 254 g/mol. The lowest BCUT2D eigenvalue weighted by Crippen LogP contribution is -2.35. The molecule has 0 spiro atoms. The summed E-state index contributed by atoms with van der Waals surface area (Å²) in [5, 5.41) is 0. The Bertz CT molecular complexity index is 633. The van der Waals surface area contributed by atoms with Crippen molar-refractivity contribution in [3.05, 3.63) is 29.3 Å². The summed E-state index contributed by atoms with van der Waals surface area (Å²) in [5.41, 5.74) is 0.863. The van der Waals surface area contributed by atoms with E-state index in [0.717, 1.165) is 5.56 Å². The summed E-state index contributed by atoms with van der Waals surface area (Å²) in [7, 11) is -4.00. The summed E-state index contributed by atoms with van der Waals surface area (Å²) in [4.78, 5) is 23.7. The third-order valence-corrected chi connectivity index (χ3v) is 4.52. The largest absolute Gasteiger partial charge is 0.276 e. The van der Waals surface area contributed by atoms with Gasteiger partial charge in [-0.15, -0.1) is 0 Å². The van der Waals surface area contributed by atoms with Gasteiger partial charge in [-0.05, 0) is 25.5 Å². The Labute approximate surface area is 105 Å². The predicted molar refractivity (Wildman–Crippen MR) is 64.4 cm³/mol. The molecule has 2 rings (SSSR count). The molecule has 0 fully saturated rings. The van der Waals surface area contributed by atoms with E-state index >= 15 is 0 Å². The molecular formula is C12H13NO4S. The summed E-state index contributed by atoms with van der Waals surface area (Å²) in [5.74, 6) is -1.41. The fourth-order valence-corrected chi connectivity index (χ4v) is 3.45. The first kappa shape index (κ1) is 12.8. The van der Waals surface area contributed by atoms with E-state index in [4.69, 9.17) is 0 Å². The number of benzene rings is 1. The maximum absolute atomic E-state index is 12.1. The number of imide groups is 1. The van der Waals surface area contributed by atoms with Crippen LogP contribution >= 0.6 is 0 Å². The van der Waals surface area contributed by atoms with E-state index in [9.17, 15) is 18.0 Å². The molecule has 0 aliphatic carbocycles. The van der Waals surface area contributed by atoms with Crippen LogP contribution in [0, 0.1) is 6.92 Å². The monoisotopic (exact) mass is 267 g/mol. The number of amides is 2. The van der Waals surface area contributed by atoms with Gasteiger partial charge in [-0.3, -0.25) is 9.59 Å². The number of hydrogen-bond donors (Lipinski definition) is 0. The normalized spacial score (nSPS) is 16.8. The average Bonchev–Trinajstić information content (AvgIpc) is 2.46. The highest BCUT2D eigenvalue weighted by Gasteiger charge is 2.44. The molecule has 6 heteroatoms. The topological polar surface area (TPSA) is 71.5 Å². The summed E-state index contributed by atoms with van der Waals surface area (Å²) in [6.07, 6.45) is 0.533. The summed E-state index contributed by atoms with van der Waals surface area (Å²) >= 11 is 0. The molecule has 0 radical (unpaired) electrons. The van der Waals surface area contributed by atoms with Gasteiger partial charge >= 0.3 is 0 Å². The molecule has 0 bridgehead atoms. The van der Waals surface area contributed by atoms with Crippen molar-refractivity contribution in [1.82, 2.24) is 4.31 Å². The molecule has 1 aliphatic rings. The maximum Gasteiger partial charge on any atom is 0.276 e. The zero-order chi connectivity index (χ0) is 13.5. The van der Waals surface area contributed by atoms with Crippen LogP contribution in [0.3, 0.4) is 0 Å². The fraction of sp³-hybridized carbons (Fsp3) is 0.333. The molecule has 0 atom stereocenters. The van der Waals surface area contributed by atoms with Gasteiger partial charge in [0.2, 0.25) is 5.91 Å². The standard InChI is InChI=1S/C12H13NO4S/c1-3-4-11(14)13-12(15)9-7-8(2)5-6-10(9)18(13,16)17/h5-7H,3-4H2,1-2H3. The van der Waals surface area contributed by atoms with Crippen LogP contribution in [0.4, 0.5) is 0 Å². The lowest BCUT2D eigenvalue weighted by molar-refractivity contribution is -0.124. The molecule has 5 nitrogen and oxygen atoms in total. The smallest absolute Gasteiger partial charge is 0.273 e. The number of aryl methyl sites for hydroxylation is 1. The molecule has 0 unspecified atom stereocenters. The van der Waals surface area contributed by atoms with Gasteiger partial charge in [0.05, 0.1) is 5.56 Å². The minimum absolute atomic E-state index is 0.0396. The molecule has 0 aromatic heterocycles. The van der Waals surface area contributed by atoms with E-state index in [-0.39, 0.29) is 16.9 Å². The van der Waals surface area contributed by atoms with E-state index < -0.39 is 21.8 Å². The van der Waals surface area contributed by atoms with Crippen LogP contribution in [0.15, 0.2) is 23.1 Å². The van der Waals surface area contributed by atoms with Gasteiger partial charge in [0.15, 0.2) is 0 Å². The second-order valence-electron chi connectivity index (χ2n) is 4.22. The SMILES string of the molecule is CCCC(=O)N1C(=O)c2cc(C)ccc2S1(=O)=O. The van der Waals surface area contributed by atoms with Crippen molar-refractivity contribution in [1.29, 1.82) is 0 Å². The van der Waals surface area contributed by atoms with Crippen LogP contribution in [0.25, 0.3) is 0 Å². The van der Waals surface area contributed by atoms with Gasteiger partial charge in [-0.2, -0.15) is 4.31 Å². The fourth-order valence-electron chi connectivity index (χ4n) is 1.92. The molecule has 1 aromatic carbocycles. The van der Waals surface area contributed by atoms with Gasteiger partial charge in [0, 0.05) is 6.42 Å². The number of fused-ring (bicyclic) bond motifs is 1. The van der Waals surface area contributed by atoms with Crippen LogP contribution in [0.2, 0.25) is 0 Å². The highest BCUT2D eigenvalue weighted by atomic mass is 32.2. The van der Waals surface area contributed by atoms with Crippen molar-refractivity contribution in [2.45, 2.75) is 31.6 Å². The number of rotatable bonds is 2. The lowest BCUT2D eigenvalue weighted by Gasteiger charge is -2.11. The van der Waals surface area contributed by atoms with Crippen molar-refractivity contribution < 1.29 is 18.0 Å². The highest BCUT2D eigenvalue weighted by Crippen LogP contribution is 2.31. The van der Waals surface area contributed by atoms with E-state index in [1.807, 2.05) is 0 Å². The van der Waals surface area contributed by atoms with Crippen molar-refractivity contribution in [2.75, 3.05) is 0 Å². The molecule has 96 valence electrons. The lowest BCUT2D eigenvalue weighted by atomic mass is 10.1. The third-order valence-electron chi connectivity index (χ3n) is 2.76. The van der Waals surface area contributed by atoms with Gasteiger partial charge in [-0.1, -0.05) is 18.6 Å². The Morgan fingerprint density at radius 1 is 1.33 bits per heavy atom. The first-order valence-corrected chi connectivity index (χ1v) is 7.06. The van der Waals surface area contributed by atoms with E-state index in [1.54, 1.807) is 19.9 Å². The Hall–Kier alpha value is -1.69. The molecule has 0 N–H and O–H groups in total. The molecule has 0 saturated heterocycles. The van der Waals surface area contributed by atoms with E-state index in [2.05, 4.69) is 0 Å². The van der Waals surface area contributed by atoms with E-state index in [1.165, 1.54) is 12.1 Å². The first-order valence-electron chi connectivity index (χ1n) is 5.62. The number of hydrogen-bond acceptors (Lipinski definition) is 4. The number of carbonyl (C=O) groups is 2. The van der Waals surface area contributed by atoms with Crippen molar-refractivity contribution in [2.24, 2.45) is 0 Å². The zero-order valence-electron chi connectivity index (χ0n) is 10.1. The van der Waals surface area contributed by atoms with Gasteiger partial charge in [0.1, 0.15) is 4.90 Å². The average molecular weight is 267 g/mol. The second kappa shape index (κ2) is 4.20. The van der Waals surface area contributed by atoms with Gasteiger partial charge < -0.3 is 0 Å². The molecule has 0 saturated carbocycles. The van der Waals surface area contributed by atoms with Crippen LogP contribution in [0.1, 0.15) is 35.7 Å². The first-order chi connectivity index (χ1) is 8.39. The summed E-state index contributed by atoms with van der Waals surface area (Å²) < 4.78 is 24.6.